The Bertz CT molecular complexity index is 1040. The summed E-state index contributed by atoms with van der Waals surface area (Å²) >= 11 is 0. The Morgan fingerprint density at radius 2 is 2.03 bits per heavy atom. The van der Waals surface area contributed by atoms with Gasteiger partial charge < -0.3 is 15.2 Å². The number of benzene rings is 2. The number of amides is 1. The number of carbonyl (C=O) groups is 1. The maximum atomic E-state index is 12.8. The Balaban J connectivity index is 2.40. The predicted octanol–water partition coefficient (Wildman–Crippen LogP) is 3.87. The van der Waals surface area contributed by atoms with Crippen molar-refractivity contribution in [3.8, 4) is 17.6 Å². The van der Waals surface area contributed by atoms with Crippen molar-refractivity contribution in [1.29, 1.82) is 5.26 Å². The molecule has 0 spiro atoms. The topological polar surface area (TPSA) is 125 Å². The highest BCUT2D eigenvalue weighted by Gasteiger charge is 2.30. The molecule has 11 heteroatoms. The van der Waals surface area contributed by atoms with E-state index in [-0.39, 0.29) is 17.0 Å². The smallest absolute Gasteiger partial charge is 0.416 e. The quantitative estimate of drug-likeness (QED) is 0.335. The Labute approximate surface area is 161 Å². The number of non-ortho nitro benzene ring substituents is 1. The van der Waals surface area contributed by atoms with Crippen LogP contribution in [0.5, 0.6) is 11.5 Å². The van der Waals surface area contributed by atoms with Crippen molar-refractivity contribution in [2.24, 2.45) is 0 Å². The third-order valence-corrected chi connectivity index (χ3v) is 3.63. The normalized spacial score (nSPS) is 11.5. The highest BCUT2D eigenvalue weighted by molar-refractivity contribution is 6.10. The Morgan fingerprint density at radius 1 is 1.34 bits per heavy atom. The van der Waals surface area contributed by atoms with Crippen LogP contribution in [0.15, 0.2) is 42.0 Å². The highest BCUT2D eigenvalue weighted by Crippen LogP contribution is 2.36. The lowest BCUT2D eigenvalue weighted by Crippen LogP contribution is -2.14. The van der Waals surface area contributed by atoms with E-state index in [2.05, 4.69) is 5.32 Å². The number of halogens is 3. The van der Waals surface area contributed by atoms with Gasteiger partial charge in [-0.2, -0.15) is 18.4 Å². The molecule has 0 aliphatic heterocycles. The van der Waals surface area contributed by atoms with Crippen molar-refractivity contribution < 1.29 is 32.7 Å². The van der Waals surface area contributed by atoms with Gasteiger partial charge in [-0.1, -0.05) is 6.07 Å². The fourth-order valence-electron chi connectivity index (χ4n) is 2.26. The van der Waals surface area contributed by atoms with E-state index in [4.69, 9.17) is 4.74 Å². The molecule has 1 amide bonds. The number of ether oxygens (including phenoxy) is 1. The lowest BCUT2D eigenvalue weighted by Gasteiger charge is -2.10. The molecule has 0 aliphatic carbocycles. The minimum absolute atomic E-state index is 0.216. The van der Waals surface area contributed by atoms with Gasteiger partial charge in [0, 0.05) is 17.3 Å². The van der Waals surface area contributed by atoms with E-state index in [1.165, 1.54) is 12.1 Å². The molecule has 0 bridgehead atoms. The molecule has 0 fully saturated rings. The van der Waals surface area contributed by atoms with E-state index in [1.54, 1.807) is 0 Å². The molecule has 0 atom stereocenters. The molecule has 0 saturated heterocycles. The summed E-state index contributed by atoms with van der Waals surface area (Å²) in [5.41, 5.74) is -2.56. The van der Waals surface area contributed by atoms with E-state index in [1.807, 2.05) is 0 Å². The molecule has 0 saturated carbocycles. The molecule has 0 aromatic heterocycles. The molecular formula is C18H12F3N3O5. The summed E-state index contributed by atoms with van der Waals surface area (Å²) < 4.78 is 43.1. The van der Waals surface area contributed by atoms with Crippen molar-refractivity contribution in [3.05, 3.63) is 63.2 Å². The molecule has 0 radical (unpaired) electrons. The zero-order valence-electron chi connectivity index (χ0n) is 14.6. The molecule has 29 heavy (non-hydrogen) atoms. The van der Waals surface area contributed by atoms with E-state index in [9.17, 15) is 38.4 Å². The maximum absolute atomic E-state index is 12.8. The van der Waals surface area contributed by atoms with Gasteiger partial charge in [0.05, 0.1) is 23.7 Å². The summed E-state index contributed by atoms with van der Waals surface area (Å²) in [6.07, 6.45) is -3.77. The summed E-state index contributed by atoms with van der Waals surface area (Å²) in [5, 5.41) is 32.4. The Hall–Kier alpha value is -4.07. The van der Waals surface area contributed by atoms with Gasteiger partial charge >= 0.3 is 6.18 Å². The number of nitrogens with one attached hydrogen (secondary N) is 1. The molecule has 2 aromatic carbocycles. The molecule has 2 aromatic rings. The number of alkyl halides is 3. The minimum atomic E-state index is -4.63. The molecule has 0 heterocycles. The van der Waals surface area contributed by atoms with Crippen LogP contribution in [0.1, 0.15) is 11.1 Å². The summed E-state index contributed by atoms with van der Waals surface area (Å²) in [7, 11) is 1.15. The van der Waals surface area contributed by atoms with Gasteiger partial charge in [0.2, 0.25) is 0 Å². The summed E-state index contributed by atoms with van der Waals surface area (Å²) in [5.74, 6) is -1.89. The number of rotatable bonds is 5. The van der Waals surface area contributed by atoms with Crippen molar-refractivity contribution in [2.45, 2.75) is 6.18 Å². The van der Waals surface area contributed by atoms with E-state index < -0.39 is 39.6 Å². The van der Waals surface area contributed by atoms with Crippen LogP contribution in [0.2, 0.25) is 0 Å². The van der Waals surface area contributed by atoms with Crippen LogP contribution in [-0.4, -0.2) is 23.0 Å². The SMILES string of the molecule is COc1cc([N+](=O)[O-])cc(/C=C(/C#N)C(=O)Nc2cccc(C(F)(F)F)c2)c1O. The van der Waals surface area contributed by atoms with Crippen molar-refractivity contribution >= 4 is 23.4 Å². The second-order valence-electron chi connectivity index (χ2n) is 5.55. The number of anilines is 1. The third kappa shape index (κ3) is 5.01. The molecular weight excluding hydrogens is 395 g/mol. The van der Waals surface area contributed by atoms with Gasteiger partial charge in [-0.15, -0.1) is 0 Å². The van der Waals surface area contributed by atoms with E-state index in [0.29, 0.717) is 6.07 Å². The van der Waals surface area contributed by atoms with Crippen LogP contribution >= 0.6 is 0 Å². The number of carbonyl (C=O) groups excluding carboxylic acids is 1. The molecule has 150 valence electrons. The Kier molecular flexibility index (Phi) is 6.08. The van der Waals surface area contributed by atoms with Crippen LogP contribution in [0.3, 0.4) is 0 Å². The number of hydrogen-bond donors (Lipinski definition) is 2. The summed E-state index contributed by atoms with van der Waals surface area (Å²) in [6, 6.07) is 7.15. The number of methoxy groups -OCH3 is 1. The molecule has 2 N–H and O–H groups in total. The van der Waals surface area contributed by atoms with Gasteiger partial charge in [-0.25, -0.2) is 0 Å². The van der Waals surface area contributed by atoms with Crippen LogP contribution in [0.25, 0.3) is 6.08 Å². The number of nitro groups is 1. The predicted molar refractivity (Wildman–Crippen MR) is 95.0 cm³/mol. The molecule has 0 unspecified atom stereocenters. The van der Waals surface area contributed by atoms with Crippen LogP contribution in [0.4, 0.5) is 24.5 Å². The standard InChI is InChI=1S/C18H12F3N3O5/c1-29-15-8-14(24(27)28)6-10(16(15)25)5-11(9-22)17(26)23-13-4-2-3-12(7-13)18(19,20)21/h2-8,25H,1H3,(H,23,26)/b11-5-. The largest absolute Gasteiger partial charge is 0.504 e. The lowest BCUT2D eigenvalue weighted by atomic mass is 10.1. The zero-order valence-corrected chi connectivity index (χ0v) is 14.6. The van der Waals surface area contributed by atoms with E-state index >= 15 is 0 Å². The van der Waals surface area contributed by atoms with Crippen LogP contribution < -0.4 is 10.1 Å². The third-order valence-electron chi connectivity index (χ3n) is 3.63. The number of hydrogen-bond acceptors (Lipinski definition) is 6. The first-order valence-corrected chi connectivity index (χ1v) is 7.72. The fourth-order valence-corrected chi connectivity index (χ4v) is 2.26. The number of aromatic hydroxyl groups is 1. The van der Waals surface area contributed by atoms with E-state index in [0.717, 1.165) is 37.5 Å². The van der Waals surface area contributed by atoms with Gasteiger partial charge in [0.15, 0.2) is 11.5 Å². The lowest BCUT2D eigenvalue weighted by molar-refractivity contribution is -0.385. The molecule has 8 nitrogen and oxygen atoms in total. The Morgan fingerprint density at radius 3 is 2.59 bits per heavy atom. The maximum Gasteiger partial charge on any atom is 0.416 e. The number of phenolic OH excluding ortho intramolecular Hbond substituents is 1. The van der Waals surface area contributed by atoms with Crippen molar-refractivity contribution in [1.82, 2.24) is 0 Å². The monoisotopic (exact) mass is 407 g/mol. The summed E-state index contributed by atoms with van der Waals surface area (Å²) in [6.45, 7) is 0. The minimum Gasteiger partial charge on any atom is -0.504 e. The van der Waals surface area contributed by atoms with Gasteiger partial charge in [0.1, 0.15) is 11.6 Å². The number of nitro benzene ring substituents is 1. The fraction of sp³-hybridized carbons (Fsp3) is 0.111. The molecule has 2 rings (SSSR count). The van der Waals surface area contributed by atoms with Crippen molar-refractivity contribution in [3.63, 3.8) is 0 Å². The number of phenols is 1. The average Bonchev–Trinajstić information content (AvgIpc) is 2.66. The van der Waals surface area contributed by atoms with Crippen LogP contribution in [-0.2, 0) is 11.0 Å². The zero-order chi connectivity index (χ0) is 21.8. The second kappa shape index (κ2) is 8.30. The van der Waals surface area contributed by atoms with Crippen LogP contribution in [0, 0.1) is 21.4 Å². The average molecular weight is 407 g/mol. The second-order valence-corrected chi connectivity index (χ2v) is 5.55. The van der Waals surface area contributed by atoms with Gasteiger partial charge in [0.25, 0.3) is 11.6 Å². The first-order valence-electron chi connectivity index (χ1n) is 7.72. The summed E-state index contributed by atoms with van der Waals surface area (Å²) in [4.78, 5) is 22.5. The van der Waals surface area contributed by atoms with Crippen molar-refractivity contribution in [2.75, 3.05) is 12.4 Å². The first kappa shape index (κ1) is 21.2. The number of nitriles is 1. The highest BCUT2D eigenvalue weighted by atomic mass is 19.4. The molecule has 0 aliphatic rings. The number of nitrogens with zero attached hydrogens (tertiary/aromatic N) is 2. The van der Waals surface area contributed by atoms with Gasteiger partial charge in [-0.05, 0) is 24.3 Å². The van der Waals surface area contributed by atoms with Gasteiger partial charge in [-0.3, -0.25) is 14.9 Å². The first-order chi connectivity index (χ1) is 13.6.